The van der Waals surface area contributed by atoms with Crippen LogP contribution in [0.5, 0.6) is 0 Å². The predicted octanol–water partition coefficient (Wildman–Crippen LogP) is 4.64. The molecular weight excluding hydrogens is 287 g/mol. The van der Waals surface area contributed by atoms with E-state index in [2.05, 4.69) is 17.2 Å². The molecule has 3 nitrogen and oxygen atoms in total. The lowest BCUT2D eigenvalue weighted by Gasteiger charge is -2.17. The summed E-state index contributed by atoms with van der Waals surface area (Å²) in [5, 5.41) is 3.99. The van der Waals surface area contributed by atoms with Crippen molar-refractivity contribution < 1.29 is 8.81 Å². The van der Waals surface area contributed by atoms with Crippen LogP contribution in [0.25, 0.3) is 0 Å². The molecule has 0 saturated heterocycles. The van der Waals surface area contributed by atoms with Gasteiger partial charge in [0, 0.05) is 10.9 Å². The minimum absolute atomic E-state index is 0.0836. The van der Waals surface area contributed by atoms with E-state index in [1.807, 2.05) is 20.8 Å². The van der Waals surface area contributed by atoms with Gasteiger partial charge in [-0.1, -0.05) is 6.92 Å². The number of rotatable bonds is 6. The molecule has 1 aromatic heterocycles. The SMILES string of the molecule is CCCNC(C)c1cc(F)ccc1Sc1nc(C)c(C)o1. The fourth-order valence-electron chi connectivity index (χ4n) is 2.00. The van der Waals surface area contributed by atoms with Gasteiger partial charge in [-0.15, -0.1) is 0 Å². The average Bonchev–Trinajstić information content (AvgIpc) is 2.76. The normalized spacial score (nSPS) is 12.6. The highest BCUT2D eigenvalue weighted by atomic mass is 32.2. The number of nitrogens with zero attached hydrogens (tertiary/aromatic N) is 1. The molecule has 0 amide bonds. The third kappa shape index (κ3) is 4.08. The molecule has 5 heteroatoms. The first kappa shape index (κ1) is 16.0. The van der Waals surface area contributed by atoms with Crippen molar-refractivity contribution in [2.75, 3.05) is 6.54 Å². The van der Waals surface area contributed by atoms with Gasteiger partial charge < -0.3 is 9.73 Å². The molecule has 0 bridgehead atoms. The van der Waals surface area contributed by atoms with Gasteiger partial charge in [0.05, 0.1) is 5.69 Å². The lowest BCUT2D eigenvalue weighted by molar-refractivity contribution is 0.431. The Bertz CT molecular complexity index is 593. The summed E-state index contributed by atoms with van der Waals surface area (Å²) >= 11 is 1.44. The zero-order valence-corrected chi connectivity index (χ0v) is 13.7. The van der Waals surface area contributed by atoms with Gasteiger partial charge in [-0.3, -0.25) is 0 Å². The lowest BCUT2D eigenvalue weighted by atomic mass is 10.1. The zero-order chi connectivity index (χ0) is 15.4. The summed E-state index contributed by atoms with van der Waals surface area (Å²) in [6.45, 7) is 8.86. The third-order valence-corrected chi connectivity index (χ3v) is 4.29. The van der Waals surface area contributed by atoms with E-state index >= 15 is 0 Å². The molecule has 1 N–H and O–H groups in total. The van der Waals surface area contributed by atoms with E-state index < -0.39 is 0 Å². The summed E-state index contributed by atoms with van der Waals surface area (Å²) in [5.74, 6) is 0.595. The van der Waals surface area contributed by atoms with Gasteiger partial charge in [0.25, 0.3) is 5.22 Å². The molecule has 114 valence electrons. The monoisotopic (exact) mass is 308 g/mol. The Kier molecular flexibility index (Phi) is 5.42. The molecule has 1 aromatic carbocycles. The van der Waals surface area contributed by atoms with Crippen molar-refractivity contribution in [1.82, 2.24) is 10.3 Å². The summed E-state index contributed by atoms with van der Waals surface area (Å²) < 4.78 is 19.2. The molecule has 1 atom stereocenters. The maximum absolute atomic E-state index is 13.6. The smallest absolute Gasteiger partial charge is 0.261 e. The lowest BCUT2D eigenvalue weighted by Crippen LogP contribution is -2.20. The van der Waals surface area contributed by atoms with Crippen LogP contribution in [0.15, 0.2) is 32.7 Å². The highest BCUT2D eigenvalue weighted by Gasteiger charge is 2.15. The second-order valence-electron chi connectivity index (χ2n) is 5.08. The van der Waals surface area contributed by atoms with Crippen molar-refractivity contribution in [2.45, 2.75) is 50.3 Å². The highest BCUT2D eigenvalue weighted by molar-refractivity contribution is 7.99. The quantitative estimate of drug-likeness (QED) is 0.843. The minimum Gasteiger partial charge on any atom is -0.436 e. The number of aryl methyl sites for hydroxylation is 2. The van der Waals surface area contributed by atoms with Gasteiger partial charge in [-0.2, -0.15) is 0 Å². The Labute approximate surface area is 129 Å². The fraction of sp³-hybridized carbons (Fsp3) is 0.438. The largest absolute Gasteiger partial charge is 0.436 e. The number of hydrogen-bond donors (Lipinski definition) is 1. The molecule has 1 heterocycles. The number of oxazole rings is 1. The number of aromatic nitrogens is 1. The van der Waals surface area contributed by atoms with Crippen LogP contribution < -0.4 is 5.32 Å². The van der Waals surface area contributed by atoms with Crippen LogP contribution >= 0.6 is 11.8 Å². The summed E-state index contributed by atoms with van der Waals surface area (Å²) in [4.78, 5) is 5.34. The molecular formula is C16H21FN2OS. The van der Waals surface area contributed by atoms with E-state index in [-0.39, 0.29) is 11.9 Å². The summed E-state index contributed by atoms with van der Waals surface area (Å²) in [6.07, 6.45) is 1.04. The van der Waals surface area contributed by atoms with Crippen molar-refractivity contribution in [3.63, 3.8) is 0 Å². The van der Waals surface area contributed by atoms with E-state index in [0.717, 1.165) is 34.9 Å². The number of hydrogen-bond acceptors (Lipinski definition) is 4. The standard InChI is InChI=1S/C16H21FN2OS/c1-5-8-18-11(3)14-9-13(17)6-7-15(14)21-16-19-10(2)12(4)20-16/h6-7,9,11,18H,5,8H2,1-4H3. The van der Waals surface area contributed by atoms with Gasteiger partial charge in [0.15, 0.2) is 0 Å². The topological polar surface area (TPSA) is 38.1 Å². The molecule has 0 radical (unpaired) electrons. The molecule has 0 aliphatic carbocycles. The molecule has 21 heavy (non-hydrogen) atoms. The Morgan fingerprint density at radius 2 is 2.14 bits per heavy atom. The summed E-state index contributed by atoms with van der Waals surface area (Å²) in [7, 11) is 0. The Morgan fingerprint density at radius 1 is 1.38 bits per heavy atom. The zero-order valence-electron chi connectivity index (χ0n) is 12.9. The van der Waals surface area contributed by atoms with E-state index in [4.69, 9.17) is 4.42 Å². The van der Waals surface area contributed by atoms with Crippen LogP contribution in [0.3, 0.4) is 0 Å². The minimum atomic E-state index is -0.223. The van der Waals surface area contributed by atoms with E-state index in [0.29, 0.717) is 5.22 Å². The Morgan fingerprint density at radius 3 is 2.76 bits per heavy atom. The van der Waals surface area contributed by atoms with Crippen molar-refractivity contribution in [1.29, 1.82) is 0 Å². The van der Waals surface area contributed by atoms with Gasteiger partial charge in [0.1, 0.15) is 11.6 Å². The third-order valence-electron chi connectivity index (χ3n) is 3.35. The summed E-state index contributed by atoms with van der Waals surface area (Å²) in [5.41, 5.74) is 1.82. The molecule has 0 aliphatic heterocycles. The molecule has 2 aromatic rings. The van der Waals surface area contributed by atoms with Crippen molar-refractivity contribution in [3.8, 4) is 0 Å². The fourth-order valence-corrected chi connectivity index (χ4v) is 3.03. The van der Waals surface area contributed by atoms with Crippen LogP contribution in [-0.2, 0) is 0 Å². The van der Waals surface area contributed by atoms with Gasteiger partial charge >= 0.3 is 0 Å². The summed E-state index contributed by atoms with van der Waals surface area (Å²) in [6, 6.07) is 4.92. The number of halogens is 1. The van der Waals surface area contributed by atoms with Gasteiger partial charge in [0.2, 0.25) is 0 Å². The maximum Gasteiger partial charge on any atom is 0.261 e. The molecule has 2 rings (SSSR count). The first-order valence-corrected chi connectivity index (χ1v) is 7.97. The van der Waals surface area contributed by atoms with Crippen LogP contribution in [0.2, 0.25) is 0 Å². The first-order valence-electron chi connectivity index (χ1n) is 7.16. The van der Waals surface area contributed by atoms with Crippen LogP contribution in [0, 0.1) is 19.7 Å². The molecule has 0 spiro atoms. The maximum atomic E-state index is 13.6. The Balaban J connectivity index is 2.25. The average molecular weight is 308 g/mol. The van der Waals surface area contributed by atoms with Crippen molar-refractivity contribution in [3.05, 3.63) is 41.0 Å². The van der Waals surface area contributed by atoms with Crippen LogP contribution in [-0.4, -0.2) is 11.5 Å². The van der Waals surface area contributed by atoms with Gasteiger partial charge in [-0.25, -0.2) is 9.37 Å². The Hall–Kier alpha value is -1.33. The van der Waals surface area contributed by atoms with E-state index in [1.54, 1.807) is 12.1 Å². The molecule has 0 fully saturated rings. The second-order valence-corrected chi connectivity index (χ2v) is 6.07. The first-order chi connectivity index (χ1) is 10.0. The number of nitrogens with one attached hydrogen (secondary N) is 1. The molecule has 0 saturated carbocycles. The predicted molar refractivity (Wildman–Crippen MR) is 83.2 cm³/mol. The molecule has 0 aliphatic rings. The van der Waals surface area contributed by atoms with Crippen molar-refractivity contribution in [2.24, 2.45) is 0 Å². The molecule has 1 unspecified atom stereocenters. The van der Waals surface area contributed by atoms with Crippen molar-refractivity contribution >= 4 is 11.8 Å². The van der Waals surface area contributed by atoms with E-state index in [9.17, 15) is 4.39 Å². The van der Waals surface area contributed by atoms with Crippen LogP contribution in [0.1, 0.15) is 43.3 Å². The van der Waals surface area contributed by atoms with Gasteiger partial charge in [-0.05, 0) is 69.3 Å². The number of benzene rings is 1. The highest BCUT2D eigenvalue weighted by Crippen LogP contribution is 2.34. The second kappa shape index (κ2) is 7.09. The van der Waals surface area contributed by atoms with Crippen LogP contribution in [0.4, 0.5) is 4.39 Å². The van der Waals surface area contributed by atoms with E-state index in [1.165, 1.54) is 17.8 Å².